The molecule has 0 heterocycles. The van der Waals surface area contributed by atoms with E-state index in [1.807, 2.05) is 18.2 Å². The fraction of sp³-hybridized carbons (Fsp3) is 0.300. The number of carbonyl (C=O) groups excluding carboxylic acids is 2. The minimum atomic E-state index is -0.165. The molecule has 0 aliphatic heterocycles. The molecule has 0 aliphatic rings. The van der Waals surface area contributed by atoms with Crippen LogP contribution in [0, 0.1) is 5.92 Å². The third-order valence-corrected chi connectivity index (χ3v) is 3.53. The average molecular weight is 355 g/mol. The smallest absolute Gasteiger partial charge is 0.251 e. The fourth-order valence-corrected chi connectivity index (χ4v) is 2.20. The van der Waals surface area contributed by atoms with Crippen molar-refractivity contribution in [1.29, 1.82) is 0 Å². The predicted octanol–water partition coefficient (Wildman–Crippen LogP) is 3.13. The van der Waals surface area contributed by atoms with E-state index in [1.165, 1.54) is 0 Å². The summed E-state index contributed by atoms with van der Waals surface area (Å²) < 4.78 is 5.66. The van der Waals surface area contributed by atoms with Gasteiger partial charge in [-0.1, -0.05) is 19.9 Å². The van der Waals surface area contributed by atoms with Crippen LogP contribution in [0.4, 0.5) is 11.4 Å². The number of hydrogen-bond donors (Lipinski definition) is 3. The summed E-state index contributed by atoms with van der Waals surface area (Å²) in [5.74, 6) is 0.858. The summed E-state index contributed by atoms with van der Waals surface area (Å²) in [6, 6.07) is 14.3. The molecule has 2 aromatic rings. The number of rotatable bonds is 8. The van der Waals surface area contributed by atoms with Crippen LogP contribution in [0.2, 0.25) is 0 Å². The molecule has 0 aromatic heterocycles. The highest BCUT2D eigenvalue weighted by atomic mass is 16.5. The molecule has 0 saturated heterocycles. The van der Waals surface area contributed by atoms with Gasteiger partial charge in [-0.2, -0.15) is 0 Å². The van der Waals surface area contributed by atoms with Crippen molar-refractivity contribution in [3.05, 3.63) is 54.1 Å². The molecule has 0 fully saturated rings. The highest BCUT2D eigenvalue weighted by molar-refractivity contribution is 5.95. The van der Waals surface area contributed by atoms with Crippen molar-refractivity contribution in [1.82, 2.24) is 5.32 Å². The highest BCUT2D eigenvalue weighted by Gasteiger charge is 2.06. The van der Waals surface area contributed by atoms with E-state index >= 15 is 0 Å². The Morgan fingerprint density at radius 2 is 1.77 bits per heavy atom. The zero-order valence-corrected chi connectivity index (χ0v) is 15.3. The zero-order chi connectivity index (χ0) is 18.9. The van der Waals surface area contributed by atoms with Gasteiger partial charge in [0.25, 0.3) is 5.91 Å². The second-order valence-corrected chi connectivity index (χ2v) is 6.29. The summed E-state index contributed by atoms with van der Waals surface area (Å²) in [5, 5.41) is 8.43. The van der Waals surface area contributed by atoms with E-state index in [4.69, 9.17) is 4.74 Å². The lowest BCUT2D eigenvalue weighted by molar-refractivity contribution is -0.114. The molecule has 138 valence electrons. The molecule has 6 heteroatoms. The van der Waals surface area contributed by atoms with E-state index in [0.29, 0.717) is 23.8 Å². The molecule has 3 N–H and O–H groups in total. The van der Waals surface area contributed by atoms with Crippen molar-refractivity contribution in [2.24, 2.45) is 5.92 Å². The van der Waals surface area contributed by atoms with Gasteiger partial charge in [0.05, 0.1) is 13.2 Å². The van der Waals surface area contributed by atoms with Crippen LogP contribution in [0.3, 0.4) is 0 Å². The third kappa shape index (κ3) is 6.12. The molecule has 2 aromatic carbocycles. The summed E-state index contributed by atoms with van der Waals surface area (Å²) in [5.41, 5.74) is 2.02. The SMILES string of the molecule is CNC(=O)c1ccc(NCC(=O)Nc2cccc(OCC(C)C)c2)cc1. The van der Waals surface area contributed by atoms with Gasteiger partial charge in [0.2, 0.25) is 5.91 Å². The van der Waals surface area contributed by atoms with Gasteiger partial charge in [-0.05, 0) is 42.3 Å². The van der Waals surface area contributed by atoms with Crippen LogP contribution in [0.1, 0.15) is 24.2 Å². The molecule has 0 spiro atoms. The quantitative estimate of drug-likeness (QED) is 0.680. The first-order valence-corrected chi connectivity index (χ1v) is 8.56. The van der Waals surface area contributed by atoms with Crippen LogP contribution < -0.4 is 20.7 Å². The van der Waals surface area contributed by atoms with Gasteiger partial charge in [0.15, 0.2) is 0 Å². The maximum absolute atomic E-state index is 12.1. The Morgan fingerprint density at radius 1 is 1.04 bits per heavy atom. The Morgan fingerprint density at radius 3 is 2.42 bits per heavy atom. The molecule has 2 rings (SSSR count). The molecule has 2 amide bonds. The van der Waals surface area contributed by atoms with E-state index in [2.05, 4.69) is 29.8 Å². The summed E-state index contributed by atoms with van der Waals surface area (Å²) in [6.45, 7) is 4.92. The summed E-state index contributed by atoms with van der Waals surface area (Å²) in [4.78, 5) is 23.6. The second-order valence-electron chi connectivity index (χ2n) is 6.29. The predicted molar refractivity (Wildman–Crippen MR) is 104 cm³/mol. The Labute approximate surface area is 153 Å². The number of benzene rings is 2. The topological polar surface area (TPSA) is 79.5 Å². The Bertz CT molecular complexity index is 742. The standard InChI is InChI=1S/C20H25N3O3/c1-14(2)13-26-18-6-4-5-17(11-18)23-19(24)12-22-16-9-7-15(8-10-16)20(25)21-3/h4-11,14,22H,12-13H2,1-3H3,(H,21,25)(H,23,24). The molecule has 0 atom stereocenters. The highest BCUT2D eigenvalue weighted by Crippen LogP contribution is 2.18. The van der Waals surface area contributed by atoms with Crippen LogP contribution in [-0.2, 0) is 4.79 Å². The average Bonchev–Trinajstić information content (AvgIpc) is 2.65. The van der Waals surface area contributed by atoms with Crippen LogP contribution >= 0.6 is 0 Å². The number of amides is 2. The minimum Gasteiger partial charge on any atom is -0.493 e. The minimum absolute atomic E-state index is 0.121. The fourth-order valence-electron chi connectivity index (χ4n) is 2.20. The van der Waals surface area contributed by atoms with Crippen molar-refractivity contribution in [2.45, 2.75) is 13.8 Å². The number of carbonyl (C=O) groups is 2. The lowest BCUT2D eigenvalue weighted by Gasteiger charge is -2.11. The number of anilines is 2. The molecular weight excluding hydrogens is 330 g/mol. The number of hydrogen-bond acceptors (Lipinski definition) is 4. The summed E-state index contributed by atoms with van der Waals surface area (Å²) in [7, 11) is 1.59. The molecule has 0 radical (unpaired) electrons. The molecule has 6 nitrogen and oxygen atoms in total. The van der Waals surface area contributed by atoms with Crippen LogP contribution in [0.25, 0.3) is 0 Å². The monoisotopic (exact) mass is 355 g/mol. The molecule has 0 unspecified atom stereocenters. The molecule has 0 aliphatic carbocycles. The third-order valence-electron chi connectivity index (χ3n) is 3.53. The van der Waals surface area contributed by atoms with E-state index in [-0.39, 0.29) is 18.4 Å². The van der Waals surface area contributed by atoms with Crippen LogP contribution in [0.5, 0.6) is 5.75 Å². The van der Waals surface area contributed by atoms with Crippen molar-refractivity contribution < 1.29 is 14.3 Å². The van der Waals surface area contributed by atoms with Gasteiger partial charge in [0.1, 0.15) is 5.75 Å². The zero-order valence-electron chi connectivity index (χ0n) is 15.3. The summed E-state index contributed by atoms with van der Waals surface area (Å²) in [6.07, 6.45) is 0. The lowest BCUT2D eigenvalue weighted by Crippen LogP contribution is -2.22. The van der Waals surface area contributed by atoms with Crippen molar-refractivity contribution in [3.63, 3.8) is 0 Å². The van der Waals surface area contributed by atoms with Gasteiger partial charge >= 0.3 is 0 Å². The first-order chi connectivity index (χ1) is 12.5. The van der Waals surface area contributed by atoms with Crippen molar-refractivity contribution in [2.75, 3.05) is 30.8 Å². The maximum Gasteiger partial charge on any atom is 0.251 e. The van der Waals surface area contributed by atoms with E-state index < -0.39 is 0 Å². The first kappa shape index (κ1) is 19.3. The van der Waals surface area contributed by atoms with Crippen LogP contribution in [0.15, 0.2) is 48.5 Å². The van der Waals surface area contributed by atoms with Crippen molar-refractivity contribution >= 4 is 23.2 Å². The first-order valence-electron chi connectivity index (χ1n) is 8.56. The number of nitrogens with one attached hydrogen (secondary N) is 3. The normalized spacial score (nSPS) is 10.3. The second kappa shape index (κ2) is 9.46. The van der Waals surface area contributed by atoms with E-state index in [9.17, 15) is 9.59 Å². The van der Waals surface area contributed by atoms with Crippen LogP contribution in [-0.4, -0.2) is 32.0 Å². The maximum atomic E-state index is 12.1. The molecule has 0 saturated carbocycles. The number of ether oxygens (including phenoxy) is 1. The molecule has 26 heavy (non-hydrogen) atoms. The molecular formula is C20H25N3O3. The Balaban J connectivity index is 1.85. The van der Waals surface area contributed by atoms with Crippen molar-refractivity contribution in [3.8, 4) is 5.75 Å². The van der Waals surface area contributed by atoms with Gasteiger partial charge in [-0.15, -0.1) is 0 Å². The molecule has 0 bridgehead atoms. The Hall–Kier alpha value is -3.02. The van der Waals surface area contributed by atoms with Gasteiger partial charge in [-0.25, -0.2) is 0 Å². The Kier molecular flexibility index (Phi) is 7.02. The largest absolute Gasteiger partial charge is 0.493 e. The van der Waals surface area contributed by atoms with E-state index in [0.717, 1.165) is 11.4 Å². The van der Waals surface area contributed by atoms with Gasteiger partial charge in [0, 0.05) is 30.1 Å². The van der Waals surface area contributed by atoms with Gasteiger partial charge in [-0.3, -0.25) is 9.59 Å². The lowest BCUT2D eigenvalue weighted by atomic mass is 10.2. The van der Waals surface area contributed by atoms with E-state index in [1.54, 1.807) is 37.4 Å². The summed E-state index contributed by atoms with van der Waals surface area (Å²) >= 11 is 0. The van der Waals surface area contributed by atoms with Gasteiger partial charge < -0.3 is 20.7 Å².